The summed E-state index contributed by atoms with van der Waals surface area (Å²) in [5, 5.41) is 0. The Kier molecular flexibility index (Phi) is 3.40. The fourth-order valence-corrected chi connectivity index (χ4v) is 2.84. The third-order valence-electron chi connectivity index (χ3n) is 4.07. The van der Waals surface area contributed by atoms with Crippen LogP contribution in [0, 0.1) is 0 Å². The van der Waals surface area contributed by atoms with E-state index in [2.05, 4.69) is 14.5 Å². The summed E-state index contributed by atoms with van der Waals surface area (Å²) in [6.45, 7) is 5.45. The van der Waals surface area contributed by atoms with Gasteiger partial charge in [0.15, 0.2) is 0 Å². The van der Waals surface area contributed by atoms with Crippen LogP contribution in [0.2, 0.25) is 0 Å². The van der Waals surface area contributed by atoms with E-state index in [4.69, 9.17) is 0 Å². The topological polar surface area (TPSA) is 38.1 Å². The lowest BCUT2D eigenvalue weighted by atomic mass is 9.83. The highest BCUT2D eigenvalue weighted by Gasteiger charge is 2.30. The lowest BCUT2D eigenvalue weighted by molar-refractivity contribution is -0.112. The number of aromatic nitrogens is 2. The first-order valence-corrected chi connectivity index (χ1v) is 6.95. The van der Waals surface area contributed by atoms with E-state index in [0.717, 1.165) is 43.9 Å². The first-order valence-electron chi connectivity index (χ1n) is 6.95. The van der Waals surface area contributed by atoms with Crippen LogP contribution < -0.4 is 0 Å². The number of carbonyl (C=O) groups excluding carboxylic acids is 1. The molecule has 0 amide bonds. The summed E-state index contributed by atoms with van der Waals surface area (Å²) in [5.74, 6) is 1.08. The molecule has 4 heteroatoms. The monoisotopic (exact) mass is 269 g/mol. The van der Waals surface area contributed by atoms with Gasteiger partial charge in [0.25, 0.3) is 0 Å². The molecule has 20 heavy (non-hydrogen) atoms. The van der Waals surface area contributed by atoms with Crippen molar-refractivity contribution in [3.05, 3.63) is 54.1 Å². The minimum atomic E-state index is -0.462. The summed E-state index contributed by atoms with van der Waals surface area (Å²) in [4.78, 5) is 18.3. The Morgan fingerprint density at radius 2 is 2.10 bits per heavy atom. The van der Waals surface area contributed by atoms with Gasteiger partial charge >= 0.3 is 0 Å². The number of fused-ring (bicyclic) bond motifs is 1. The SMILES string of the molecule is CC(C=O)(CN1CCn2ccnc2C1)c1ccccc1. The zero-order valence-electron chi connectivity index (χ0n) is 11.7. The van der Waals surface area contributed by atoms with Crippen molar-refractivity contribution in [3.8, 4) is 0 Å². The highest BCUT2D eigenvalue weighted by atomic mass is 16.1. The van der Waals surface area contributed by atoms with Gasteiger partial charge < -0.3 is 9.36 Å². The highest BCUT2D eigenvalue weighted by molar-refractivity contribution is 5.68. The van der Waals surface area contributed by atoms with Crippen molar-refractivity contribution in [1.82, 2.24) is 14.5 Å². The third-order valence-corrected chi connectivity index (χ3v) is 4.07. The summed E-state index contributed by atoms with van der Waals surface area (Å²) >= 11 is 0. The minimum absolute atomic E-state index is 0.462. The molecule has 2 heterocycles. The standard InChI is InChI=1S/C16H19N3O/c1-16(13-20,14-5-3-2-4-6-14)12-18-9-10-19-8-7-17-15(19)11-18/h2-8,13H,9-12H2,1H3. The molecule has 1 aliphatic rings. The van der Waals surface area contributed by atoms with Crippen LogP contribution in [-0.4, -0.2) is 33.8 Å². The number of carbonyl (C=O) groups is 1. The first kappa shape index (κ1) is 13.1. The molecule has 0 saturated heterocycles. The molecule has 1 atom stereocenters. The normalized spacial score (nSPS) is 18.2. The molecular weight excluding hydrogens is 250 g/mol. The Hall–Kier alpha value is -1.94. The van der Waals surface area contributed by atoms with Crippen molar-refractivity contribution in [2.45, 2.75) is 25.4 Å². The van der Waals surface area contributed by atoms with Gasteiger partial charge in [-0.2, -0.15) is 0 Å². The molecule has 0 bridgehead atoms. The van der Waals surface area contributed by atoms with Crippen LogP contribution in [0.5, 0.6) is 0 Å². The summed E-state index contributed by atoms with van der Waals surface area (Å²) in [7, 11) is 0. The highest BCUT2D eigenvalue weighted by Crippen LogP contribution is 2.24. The average Bonchev–Trinajstić information content (AvgIpc) is 2.95. The molecule has 0 saturated carbocycles. The Morgan fingerprint density at radius 1 is 1.30 bits per heavy atom. The molecule has 1 aromatic carbocycles. The zero-order chi connectivity index (χ0) is 14.0. The minimum Gasteiger partial charge on any atom is -0.333 e. The molecule has 1 aliphatic heterocycles. The number of hydrogen-bond acceptors (Lipinski definition) is 3. The summed E-state index contributed by atoms with van der Waals surface area (Å²) in [6.07, 6.45) is 4.93. The molecule has 0 N–H and O–H groups in total. The van der Waals surface area contributed by atoms with Gasteiger partial charge in [-0.15, -0.1) is 0 Å². The van der Waals surface area contributed by atoms with Crippen LogP contribution in [-0.2, 0) is 23.3 Å². The van der Waals surface area contributed by atoms with Gasteiger partial charge in [-0.1, -0.05) is 30.3 Å². The van der Waals surface area contributed by atoms with Crippen LogP contribution in [0.25, 0.3) is 0 Å². The Bertz CT molecular complexity index is 593. The van der Waals surface area contributed by atoms with Crippen LogP contribution in [0.3, 0.4) is 0 Å². The molecule has 0 spiro atoms. The van der Waals surface area contributed by atoms with Gasteiger partial charge in [-0.3, -0.25) is 4.90 Å². The van der Waals surface area contributed by atoms with Crippen LogP contribution in [0.1, 0.15) is 18.3 Å². The number of hydrogen-bond donors (Lipinski definition) is 0. The van der Waals surface area contributed by atoms with E-state index in [1.165, 1.54) is 0 Å². The van der Waals surface area contributed by atoms with Crippen molar-refractivity contribution in [2.24, 2.45) is 0 Å². The second-order valence-electron chi connectivity index (χ2n) is 5.65. The fourth-order valence-electron chi connectivity index (χ4n) is 2.84. The lowest BCUT2D eigenvalue weighted by Crippen LogP contribution is -2.43. The molecule has 1 aromatic heterocycles. The first-order chi connectivity index (χ1) is 9.71. The quantitative estimate of drug-likeness (QED) is 0.795. The van der Waals surface area contributed by atoms with Crippen LogP contribution >= 0.6 is 0 Å². The van der Waals surface area contributed by atoms with Gasteiger partial charge in [0.1, 0.15) is 12.1 Å². The van der Waals surface area contributed by atoms with Crippen molar-refractivity contribution in [3.63, 3.8) is 0 Å². The maximum Gasteiger partial charge on any atom is 0.131 e. The summed E-state index contributed by atoms with van der Waals surface area (Å²) in [6, 6.07) is 10.0. The fraction of sp³-hybridized carbons (Fsp3) is 0.375. The van der Waals surface area contributed by atoms with Crippen molar-refractivity contribution in [1.29, 1.82) is 0 Å². The van der Waals surface area contributed by atoms with E-state index in [1.54, 1.807) is 0 Å². The van der Waals surface area contributed by atoms with Crippen molar-refractivity contribution < 1.29 is 4.79 Å². The summed E-state index contributed by atoms with van der Waals surface area (Å²) < 4.78 is 2.18. The maximum absolute atomic E-state index is 11.6. The number of benzene rings is 1. The average molecular weight is 269 g/mol. The van der Waals surface area contributed by atoms with E-state index >= 15 is 0 Å². The second kappa shape index (κ2) is 5.21. The van der Waals surface area contributed by atoms with Gasteiger partial charge in [0.2, 0.25) is 0 Å². The number of aldehydes is 1. The number of imidazole rings is 1. The lowest BCUT2D eigenvalue weighted by Gasteiger charge is -2.34. The summed E-state index contributed by atoms with van der Waals surface area (Å²) in [5.41, 5.74) is 0.611. The van der Waals surface area contributed by atoms with Crippen LogP contribution in [0.15, 0.2) is 42.7 Å². The van der Waals surface area contributed by atoms with Gasteiger partial charge in [0, 0.05) is 32.0 Å². The van der Waals surface area contributed by atoms with Crippen LogP contribution in [0.4, 0.5) is 0 Å². The van der Waals surface area contributed by atoms with Crippen molar-refractivity contribution in [2.75, 3.05) is 13.1 Å². The Balaban J connectivity index is 1.78. The van der Waals surface area contributed by atoms with E-state index in [0.29, 0.717) is 0 Å². The maximum atomic E-state index is 11.6. The predicted molar refractivity (Wildman–Crippen MR) is 77.4 cm³/mol. The Morgan fingerprint density at radius 3 is 2.85 bits per heavy atom. The van der Waals surface area contributed by atoms with Gasteiger partial charge in [-0.25, -0.2) is 4.98 Å². The molecular formula is C16H19N3O. The second-order valence-corrected chi connectivity index (χ2v) is 5.65. The molecule has 2 aromatic rings. The van der Waals surface area contributed by atoms with Gasteiger partial charge in [-0.05, 0) is 12.5 Å². The number of rotatable bonds is 4. The molecule has 0 radical (unpaired) electrons. The Labute approximate surface area is 119 Å². The molecule has 3 rings (SSSR count). The van der Waals surface area contributed by atoms with Gasteiger partial charge in [0.05, 0.1) is 12.0 Å². The largest absolute Gasteiger partial charge is 0.333 e. The molecule has 0 fully saturated rings. The molecule has 4 nitrogen and oxygen atoms in total. The van der Waals surface area contributed by atoms with E-state index in [9.17, 15) is 4.79 Å². The molecule has 1 unspecified atom stereocenters. The zero-order valence-corrected chi connectivity index (χ0v) is 11.7. The molecule has 104 valence electrons. The van der Waals surface area contributed by atoms with E-state index in [-0.39, 0.29) is 0 Å². The molecule has 0 aliphatic carbocycles. The third kappa shape index (κ3) is 2.39. The number of nitrogens with zero attached hydrogens (tertiary/aromatic N) is 3. The smallest absolute Gasteiger partial charge is 0.131 e. The van der Waals surface area contributed by atoms with Crippen molar-refractivity contribution >= 4 is 6.29 Å². The van der Waals surface area contributed by atoms with E-state index < -0.39 is 5.41 Å². The predicted octanol–water partition coefficient (Wildman–Crippen LogP) is 1.86. The van der Waals surface area contributed by atoms with E-state index in [1.807, 2.05) is 49.6 Å².